The molecule has 1 saturated heterocycles. The van der Waals surface area contributed by atoms with Gasteiger partial charge in [0.2, 0.25) is 0 Å². The molecule has 1 aromatic heterocycles. The van der Waals surface area contributed by atoms with Gasteiger partial charge in [0.25, 0.3) is 11.5 Å². The molecule has 0 spiro atoms. The molecule has 1 aromatic rings. The van der Waals surface area contributed by atoms with Crippen LogP contribution in [0, 0.1) is 5.92 Å². The van der Waals surface area contributed by atoms with Crippen LogP contribution in [0.25, 0.3) is 0 Å². The van der Waals surface area contributed by atoms with Crippen molar-refractivity contribution in [3.05, 3.63) is 27.9 Å². The van der Waals surface area contributed by atoms with Crippen molar-refractivity contribution in [2.45, 2.75) is 38.0 Å². The number of aromatic amines is 1. The van der Waals surface area contributed by atoms with Crippen molar-refractivity contribution in [3.8, 4) is 0 Å². The molecule has 126 valence electrons. The number of nitrogens with one attached hydrogen (secondary N) is 1. The van der Waals surface area contributed by atoms with E-state index >= 15 is 0 Å². The van der Waals surface area contributed by atoms with Crippen LogP contribution in [0.5, 0.6) is 0 Å². The normalized spacial score (nSPS) is 28.1. The highest BCUT2D eigenvalue weighted by molar-refractivity contribution is 7.93. The number of hydrogen-bond donors (Lipinski definition) is 2. The Morgan fingerprint density at radius 1 is 1.35 bits per heavy atom. The van der Waals surface area contributed by atoms with Crippen LogP contribution in [0.15, 0.2) is 15.4 Å². The molecule has 1 amide bonds. The predicted molar refractivity (Wildman–Crippen MR) is 87.9 cm³/mol. The quantitative estimate of drug-likeness (QED) is 0.853. The summed E-state index contributed by atoms with van der Waals surface area (Å²) in [6.07, 6.45) is 5.85. The minimum atomic E-state index is -2.58. The van der Waals surface area contributed by atoms with Gasteiger partial charge in [-0.15, -0.1) is 0 Å². The third-order valence-electron chi connectivity index (χ3n) is 4.81. The summed E-state index contributed by atoms with van der Waals surface area (Å²) >= 11 is 0. The first kappa shape index (κ1) is 16.3. The number of carbonyl (C=O) groups is 1. The summed E-state index contributed by atoms with van der Waals surface area (Å²) in [6.45, 7) is 0.565. The molecule has 2 heterocycles. The molecule has 2 fully saturated rings. The fourth-order valence-electron chi connectivity index (χ4n) is 2.93. The summed E-state index contributed by atoms with van der Waals surface area (Å²) < 4.78 is 16.5. The zero-order chi connectivity index (χ0) is 16.4. The highest BCUT2D eigenvalue weighted by Crippen LogP contribution is 2.33. The lowest BCUT2D eigenvalue weighted by Gasteiger charge is -2.24. The minimum Gasteiger partial charge on any atom is -0.330 e. The molecule has 3 N–H and O–H groups in total. The van der Waals surface area contributed by atoms with Gasteiger partial charge in [-0.25, -0.2) is 9.19 Å². The zero-order valence-electron chi connectivity index (χ0n) is 13.0. The van der Waals surface area contributed by atoms with Crippen LogP contribution >= 0.6 is 0 Å². The summed E-state index contributed by atoms with van der Waals surface area (Å²) in [5, 5.41) is 0. The third-order valence-corrected chi connectivity index (χ3v) is 7.06. The zero-order valence-corrected chi connectivity index (χ0v) is 13.8. The summed E-state index contributed by atoms with van der Waals surface area (Å²) in [7, 11) is -2.58. The second kappa shape index (κ2) is 6.52. The van der Waals surface area contributed by atoms with Gasteiger partial charge >= 0.3 is 0 Å². The lowest BCUT2D eigenvalue weighted by molar-refractivity contribution is 0.100. The van der Waals surface area contributed by atoms with Crippen LogP contribution in [0.3, 0.4) is 0 Å². The minimum absolute atomic E-state index is 0.128. The number of amides is 1. The molecule has 0 unspecified atom stereocenters. The van der Waals surface area contributed by atoms with Crippen molar-refractivity contribution in [1.82, 2.24) is 9.97 Å². The second-order valence-electron chi connectivity index (χ2n) is 6.40. The van der Waals surface area contributed by atoms with Crippen LogP contribution in [0.2, 0.25) is 0 Å². The highest BCUT2D eigenvalue weighted by Gasteiger charge is 2.25. The Balaban J connectivity index is 1.79. The van der Waals surface area contributed by atoms with Gasteiger partial charge in [-0.05, 0) is 38.1 Å². The van der Waals surface area contributed by atoms with E-state index in [0.717, 1.165) is 19.3 Å². The number of nitrogens with two attached hydrogens (primary N) is 1. The van der Waals surface area contributed by atoms with Crippen LogP contribution in [-0.2, 0) is 9.73 Å². The van der Waals surface area contributed by atoms with Gasteiger partial charge in [0, 0.05) is 23.6 Å². The van der Waals surface area contributed by atoms with Gasteiger partial charge in [0.1, 0.15) is 11.4 Å². The van der Waals surface area contributed by atoms with Gasteiger partial charge in [-0.2, -0.15) is 4.36 Å². The first-order valence-corrected chi connectivity index (χ1v) is 9.92. The third kappa shape index (κ3) is 3.53. The van der Waals surface area contributed by atoms with E-state index in [1.165, 1.54) is 6.20 Å². The molecule has 0 bridgehead atoms. The lowest BCUT2D eigenvalue weighted by atomic mass is 9.85. The number of aromatic nitrogens is 2. The van der Waals surface area contributed by atoms with Gasteiger partial charge < -0.3 is 10.7 Å². The Bertz CT molecular complexity index is 761. The van der Waals surface area contributed by atoms with Crippen LogP contribution in [0.1, 0.15) is 54.2 Å². The summed E-state index contributed by atoms with van der Waals surface area (Å²) in [5.41, 5.74) is 5.00. The molecule has 0 radical (unpaired) electrons. The van der Waals surface area contributed by atoms with Gasteiger partial charge in [0.05, 0.1) is 9.73 Å². The van der Waals surface area contributed by atoms with Crippen molar-refractivity contribution in [2.75, 3.05) is 18.1 Å². The average Bonchev–Trinajstić information content (AvgIpc) is 2.46. The molecular formula is C15H22N4O3S. The number of hydrogen-bond acceptors (Lipinski definition) is 5. The maximum absolute atomic E-state index is 12.6. The van der Waals surface area contributed by atoms with E-state index in [4.69, 9.17) is 5.73 Å². The first-order valence-electron chi connectivity index (χ1n) is 8.07. The van der Waals surface area contributed by atoms with E-state index in [-0.39, 0.29) is 11.5 Å². The second-order valence-corrected chi connectivity index (χ2v) is 8.94. The van der Waals surface area contributed by atoms with Crippen molar-refractivity contribution >= 4 is 15.6 Å². The van der Waals surface area contributed by atoms with E-state index in [9.17, 15) is 13.8 Å². The predicted octanol–water partition coefficient (Wildman–Crippen LogP) is 1.01. The van der Waals surface area contributed by atoms with Gasteiger partial charge in [-0.1, -0.05) is 6.42 Å². The van der Waals surface area contributed by atoms with Crippen molar-refractivity contribution < 1.29 is 9.00 Å². The topological polar surface area (TPSA) is 118 Å². The number of carbonyl (C=O) groups excluding carboxylic acids is 1. The summed E-state index contributed by atoms with van der Waals surface area (Å²) in [5.74, 6) is 1.27. The first-order chi connectivity index (χ1) is 11.0. The molecule has 8 heteroatoms. The smallest absolute Gasteiger partial charge is 0.292 e. The molecule has 1 aliphatic carbocycles. The Hall–Kier alpha value is -1.54. The molecule has 1 aliphatic heterocycles. The van der Waals surface area contributed by atoms with Crippen LogP contribution in [0.4, 0.5) is 0 Å². The van der Waals surface area contributed by atoms with Crippen molar-refractivity contribution in [1.29, 1.82) is 0 Å². The summed E-state index contributed by atoms with van der Waals surface area (Å²) in [6, 6.07) is 0. The molecule has 0 aromatic carbocycles. The SMILES string of the molecule is NCC1CCS(=O)(=NC(=O)c2cnc(C3CCC3)[nH]c2=O)CC1. The maximum Gasteiger partial charge on any atom is 0.292 e. The molecule has 1 saturated carbocycles. The lowest BCUT2D eigenvalue weighted by Crippen LogP contribution is -2.29. The highest BCUT2D eigenvalue weighted by atomic mass is 32.2. The Morgan fingerprint density at radius 3 is 2.57 bits per heavy atom. The van der Waals surface area contributed by atoms with E-state index in [1.807, 2.05) is 0 Å². The monoisotopic (exact) mass is 338 g/mol. The standard InChI is InChI=1S/C15H22N4O3S/c16-8-10-4-6-23(22,7-5-10)19-15(21)12-9-17-13(18-14(12)20)11-2-1-3-11/h9-11H,1-8,16H2,(H,17,18,20). The molecule has 0 atom stereocenters. The molecule has 3 rings (SSSR count). The van der Waals surface area contributed by atoms with Crippen molar-refractivity contribution in [2.24, 2.45) is 16.0 Å². The van der Waals surface area contributed by atoms with E-state index in [2.05, 4.69) is 14.3 Å². The van der Waals surface area contributed by atoms with Gasteiger partial charge in [0.15, 0.2) is 0 Å². The number of rotatable bonds is 3. The van der Waals surface area contributed by atoms with E-state index in [1.54, 1.807) is 0 Å². The largest absolute Gasteiger partial charge is 0.330 e. The van der Waals surface area contributed by atoms with E-state index in [0.29, 0.717) is 42.6 Å². The Morgan fingerprint density at radius 2 is 2.04 bits per heavy atom. The Kier molecular flexibility index (Phi) is 4.63. The van der Waals surface area contributed by atoms with Crippen LogP contribution in [-0.4, -0.2) is 38.1 Å². The molecular weight excluding hydrogens is 316 g/mol. The fourth-order valence-corrected chi connectivity index (χ4v) is 5.12. The summed E-state index contributed by atoms with van der Waals surface area (Å²) in [4.78, 5) is 31.2. The molecule has 23 heavy (non-hydrogen) atoms. The Labute approximate surface area is 135 Å². The molecule has 2 aliphatic rings. The number of nitrogens with zero attached hydrogens (tertiary/aromatic N) is 2. The number of H-pyrrole nitrogens is 1. The maximum atomic E-state index is 12.6. The van der Waals surface area contributed by atoms with E-state index < -0.39 is 21.2 Å². The van der Waals surface area contributed by atoms with Crippen LogP contribution < -0.4 is 11.3 Å². The van der Waals surface area contributed by atoms with Gasteiger partial charge in [-0.3, -0.25) is 9.59 Å². The molecule has 7 nitrogen and oxygen atoms in total. The average molecular weight is 338 g/mol. The van der Waals surface area contributed by atoms with Crippen molar-refractivity contribution in [3.63, 3.8) is 0 Å². The fraction of sp³-hybridized carbons (Fsp3) is 0.667.